The molecular weight excluding hydrogens is 404 g/mol. The summed E-state index contributed by atoms with van der Waals surface area (Å²) in [6, 6.07) is 2.90. The van der Waals surface area contributed by atoms with Gasteiger partial charge in [0.25, 0.3) is 0 Å². The van der Waals surface area contributed by atoms with Gasteiger partial charge in [0.2, 0.25) is 5.43 Å². The van der Waals surface area contributed by atoms with Crippen molar-refractivity contribution in [1.82, 2.24) is 0 Å². The fourth-order valence-electron chi connectivity index (χ4n) is 3.64. The van der Waals surface area contributed by atoms with E-state index >= 15 is 0 Å². The fraction of sp³-hybridized carbons (Fsp3) is 0.316. The Bertz CT molecular complexity index is 1200. The average molecular weight is 422 g/mol. The standard InChI is InChI=1S/C19H18O11/c20-4-11-15(25)17(27)18(28)19(30-11)12-8(23)3-10-13(16(12)26)14(24)5-1-6(21)7(22)2-9(5)29-10/h1-3,11,15,17-23,25-28H,4H2/t11?,15-,17+,18?,19+/m1/s1. The number of benzene rings is 2. The van der Waals surface area contributed by atoms with Gasteiger partial charge in [-0.2, -0.15) is 0 Å². The van der Waals surface area contributed by atoms with Crippen LogP contribution in [0.4, 0.5) is 0 Å². The van der Waals surface area contributed by atoms with Crippen LogP contribution in [0.3, 0.4) is 0 Å². The van der Waals surface area contributed by atoms with Gasteiger partial charge in [0, 0.05) is 12.1 Å². The lowest BCUT2D eigenvalue weighted by Crippen LogP contribution is -2.55. The molecule has 30 heavy (non-hydrogen) atoms. The molecule has 0 bridgehead atoms. The highest BCUT2D eigenvalue weighted by atomic mass is 16.5. The van der Waals surface area contributed by atoms with Crippen molar-refractivity contribution >= 4 is 21.9 Å². The minimum absolute atomic E-state index is 0.123. The highest BCUT2D eigenvalue weighted by Crippen LogP contribution is 2.45. The summed E-state index contributed by atoms with van der Waals surface area (Å²) in [5, 5.41) is 79.4. The SMILES string of the molecule is O=c1c2cc(O)c(O)cc2oc2cc(O)c([C@@H]3OC(CO)[C@@H](O)[C@H](O)C3O)c(O)c12. The van der Waals surface area contributed by atoms with Crippen LogP contribution in [0.15, 0.2) is 27.4 Å². The zero-order valence-electron chi connectivity index (χ0n) is 15.1. The van der Waals surface area contributed by atoms with Crippen LogP contribution in [0, 0.1) is 0 Å². The van der Waals surface area contributed by atoms with Gasteiger partial charge in [-0.3, -0.25) is 4.79 Å². The molecule has 1 saturated heterocycles. The topological polar surface area (TPSA) is 201 Å². The molecule has 160 valence electrons. The first-order chi connectivity index (χ1) is 14.1. The van der Waals surface area contributed by atoms with E-state index in [0.29, 0.717) is 0 Å². The van der Waals surface area contributed by atoms with Crippen molar-refractivity contribution in [3.8, 4) is 23.0 Å². The molecule has 4 rings (SSSR count). The predicted octanol–water partition coefficient (Wildman–Crippen LogP) is -0.717. The van der Waals surface area contributed by atoms with E-state index in [2.05, 4.69) is 0 Å². The summed E-state index contributed by atoms with van der Waals surface area (Å²) in [6.45, 7) is -0.730. The summed E-state index contributed by atoms with van der Waals surface area (Å²) in [6.07, 6.45) is -8.16. The van der Waals surface area contributed by atoms with Crippen LogP contribution in [-0.4, -0.2) is 71.9 Å². The number of ether oxygens (including phenoxy) is 1. The molecule has 1 fully saturated rings. The molecular formula is C19H18O11. The van der Waals surface area contributed by atoms with Crippen LogP contribution in [0.2, 0.25) is 0 Å². The second kappa shape index (κ2) is 7.00. The van der Waals surface area contributed by atoms with Gasteiger partial charge in [0.05, 0.1) is 17.6 Å². The minimum atomic E-state index is -1.81. The Morgan fingerprint density at radius 2 is 1.47 bits per heavy atom. The molecule has 11 nitrogen and oxygen atoms in total. The molecule has 2 unspecified atom stereocenters. The molecule has 3 aromatic rings. The quantitative estimate of drug-likeness (QED) is 0.191. The number of hydrogen-bond donors (Lipinski definition) is 8. The first-order valence-electron chi connectivity index (χ1n) is 8.83. The first-order valence-corrected chi connectivity index (χ1v) is 8.83. The fourth-order valence-corrected chi connectivity index (χ4v) is 3.64. The first kappa shape index (κ1) is 20.2. The third-order valence-electron chi connectivity index (χ3n) is 5.23. The van der Waals surface area contributed by atoms with E-state index < -0.39 is 76.5 Å². The summed E-state index contributed by atoms with van der Waals surface area (Å²) in [4.78, 5) is 12.9. The van der Waals surface area contributed by atoms with E-state index in [1.807, 2.05) is 0 Å². The number of aromatic hydroxyl groups is 4. The highest BCUT2D eigenvalue weighted by molar-refractivity contribution is 5.96. The van der Waals surface area contributed by atoms with E-state index in [1.54, 1.807) is 0 Å². The van der Waals surface area contributed by atoms with Crippen LogP contribution < -0.4 is 5.43 Å². The van der Waals surface area contributed by atoms with Crippen LogP contribution in [0.5, 0.6) is 23.0 Å². The number of hydrogen-bond acceptors (Lipinski definition) is 11. The third kappa shape index (κ3) is 2.83. The lowest BCUT2D eigenvalue weighted by atomic mass is 9.89. The van der Waals surface area contributed by atoms with E-state index in [4.69, 9.17) is 9.15 Å². The monoisotopic (exact) mass is 422 g/mol. The third-order valence-corrected chi connectivity index (χ3v) is 5.23. The summed E-state index contributed by atoms with van der Waals surface area (Å²) in [5.74, 6) is -2.62. The van der Waals surface area contributed by atoms with Gasteiger partial charge in [0.1, 0.15) is 58.6 Å². The second-order valence-electron chi connectivity index (χ2n) is 7.05. The minimum Gasteiger partial charge on any atom is -0.507 e. The van der Waals surface area contributed by atoms with Crippen LogP contribution in [0.25, 0.3) is 21.9 Å². The molecule has 2 aromatic carbocycles. The zero-order chi connectivity index (χ0) is 21.9. The maximum Gasteiger partial charge on any atom is 0.204 e. The van der Waals surface area contributed by atoms with Gasteiger partial charge < -0.3 is 50.0 Å². The highest BCUT2D eigenvalue weighted by Gasteiger charge is 2.46. The molecule has 0 saturated carbocycles. The molecule has 1 aromatic heterocycles. The van der Waals surface area contributed by atoms with Gasteiger partial charge in [0.15, 0.2) is 11.5 Å². The molecule has 0 radical (unpaired) electrons. The average Bonchev–Trinajstić information content (AvgIpc) is 2.69. The van der Waals surface area contributed by atoms with Crippen LogP contribution in [0.1, 0.15) is 11.7 Å². The Kier molecular flexibility index (Phi) is 4.71. The number of aliphatic hydroxyl groups is 4. The van der Waals surface area contributed by atoms with E-state index in [-0.39, 0.29) is 16.6 Å². The molecule has 1 aliphatic heterocycles. The van der Waals surface area contributed by atoms with Crippen molar-refractivity contribution in [2.45, 2.75) is 30.5 Å². The molecule has 11 heteroatoms. The number of rotatable bonds is 2. The Balaban J connectivity index is 1.98. The largest absolute Gasteiger partial charge is 0.507 e. The second-order valence-corrected chi connectivity index (χ2v) is 7.05. The number of phenolic OH excluding ortho intramolecular Hbond substituents is 4. The number of fused-ring (bicyclic) bond motifs is 2. The lowest BCUT2D eigenvalue weighted by Gasteiger charge is -2.40. The van der Waals surface area contributed by atoms with Crippen molar-refractivity contribution in [3.05, 3.63) is 34.0 Å². The Labute approximate surface area is 166 Å². The van der Waals surface area contributed by atoms with E-state index in [1.165, 1.54) is 0 Å². The Morgan fingerprint density at radius 3 is 2.13 bits per heavy atom. The molecule has 8 N–H and O–H groups in total. The van der Waals surface area contributed by atoms with Gasteiger partial charge >= 0.3 is 0 Å². The maximum atomic E-state index is 12.9. The van der Waals surface area contributed by atoms with Gasteiger partial charge in [-0.05, 0) is 6.07 Å². The smallest absolute Gasteiger partial charge is 0.204 e. The van der Waals surface area contributed by atoms with Crippen molar-refractivity contribution in [2.24, 2.45) is 0 Å². The predicted molar refractivity (Wildman–Crippen MR) is 99.4 cm³/mol. The van der Waals surface area contributed by atoms with Crippen molar-refractivity contribution in [3.63, 3.8) is 0 Å². The Hall–Kier alpha value is -3.09. The number of phenols is 4. The molecule has 0 aliphatic carbocycles. The van der Waals surface area contributed by atoms with Gasteiger partial charge in [-0.15, -0.1) is 0 Å². The molecule has 0 amide bonds. The normalized spacial score (nSPS) is 27.0. The van der Waals surface area contributed by atoms with Crippen LogP contribution in [-0.2, 0) is 4.74 Å². The van der Waals surface area contributed by atoms with Crippen molar-refractivity contribution < 1.29 is 50.0 Å². The zero-order valence-corrected chi connectivity index (χ0v) is 15.1. The molecule has 5 atom stereocenters. The summed E-state index contributed by atoms with van der Waals surface area (Å²) in [7, 11) is 0. The summed E-state index contributed by atoms with van der Waals surface area (Å²) >= 11 is 0. The van der Waals surface area contributed by atoms with Crippen LogP contribution >= 0.6 is 0 Å². The van der Waals surface area contributed by atoms with Crippen molar-refractivity contribution in [1.29, 1.82) is 0 Å². The molecule has 1 aliphatic rings. The summed E-state index contributed by atoms with van der Waals surface area (Å²) in [5.41, 5.74) is -1.66. The van der Waals surface area contributed by atoms with E-state index in [0.717, 1.165) is 18.2 Å². The molecule has 2 heterocycles. The number of aliphatic hydroxyl groups excluding tert-OH is 4. The lowest BCUT2D eigenvalue weighted by molar-refractivity contribution is -0.232. The van der Waals surface area contributed by atoms with Gasteiger partial charge in [-0.25, -0.2) is 0 Å². The Morgan fingerprint density at radius 1 is 0.833 bits per heavy atom. The van der Waals surface area contributed by atoms with E-state index in [9.17, 15) is 45.6 Å². The van der Waals surface area contributed by atoms with Gasteiger partial charge in [-0.1, -0.05) is 0 Å². The summed E-state index contributed by atoms with van der Waals surface area (Å²) < 4.78 is 10.8. The molecule has 0 spiro atoms. The maximum absolute atomic E-state index is 12.9. The van der Waals surface area contributed by atoms with Crippen molar-refractivity contribution in [2.75, 3.05) is 6.61 Å².